The van der Waals surface area contributed by atoms with Crippen LogP contribution in [-0.4, -0.2) is 44.8 Å². The maximum absolute atomic E-state index is 12.1. The van der Waals surface area contributed by atoms with Crippen LogP contribution in [0, 0.1) is 20.8 Å². The lowest BCUT2D eigenvalue weighted by atomic mass is 10.1. The molecule has 0 heterocycles. The molecule has 0 aromatic heterocycles. The van der Waals surface area contributed by atoms with E-state index >= 15 is 0 Å². The van der Waals surface area contributed by atoms with Crippen LogP contribution in [0.25, 0.3) is 0 Å². The molecule has 3 rings (SSSR count). The predicted octanol–water partition coefficient (Wildman–Crippen LogP) is 6.68. The van der Waals surface area contributed by atoms with Crippen molar-refractivity contribution in [1.82, 2.24) is 15.4 Å². The third kappa shape index (κ3) is 15.2. The number of carbonyl (C=O) groups is 2. The molecule has 9 nitrogen and oxygen atoms in total. The highest BCUT2D eigenvalue weighted by Gasteiger charge is 2.21. The third-order valence-corrected chi connectivity index (χ3v) is 7.83. The third-order valence-electron chi connectivity index (χ3n) is 5.87. The van der Waals surface area contributed by atoms with Crippen LogP contribution in [0.5, 0.6) is 0 Å². The van der Waals surface area contributed by atoms with Gasteiger partial charge in [0.25, 0.3) is 0 Å². The maximum Gasteiger partial charge on any atom is 0.407 e. The van der Waals surface area contributed by atoms with E-state index in [2.05, 4.69) is 15.4 Å². The molecule has 10 heteroatoms. The second kappa shape index (κ2) is 18.4. The smallest absolute Gasteiger partial charge is 0.407 e. The van der Waals surface area contributed by atoms with Gasteiger partial charge in [-0.15, -0.1) is 0 Å². The molecule has 1 saturated carbocycles. The largest absolute Gasteiger partial charge is 0.446 e. The molecule has 3 N–H and O–H groups in total. The number of alkyl carbamates (subject to hydrolysis) is 2. The summed E-state index contributed by atoms with van der Waals surface area (Å²) in [5.74, 6) is 0. The Labute approximate surface area is 253 Å². The monoisotopic (exact) mass is 605 g/mol. The van der Waals surface area contributed by atoms with Gasteiger partial charge in [0.05, 0.1) is 4.90 Å². The predicted molar refractivity (Wildman–Crippen MR) is 168 cm³/mol. The zero-order valence-electron chi connectivity index (χ0n) is 26.7. The molecule has 0 aliphatic heterocycles. The van der Waals surface area contributed by atoms with Crippen molar-refractivity contribution in [2.45, 2.75) is 124 Å². The number of sulfonamides is 1. The van der Waals surface area contributed by atoms with Crippen LogP contribution in [-0.2, 0) is 26.1 Å². The summed E-state index contributed by atoms with van der Waals surface area (Å²) in [6, 6.07) is 13.6. The molecule has 1 aliphatic rings. The van der Waals surface area contributed by atoms with Crippen LogP contribution in [0.4, 0.5) is 9.59 Å². The van der Waals surface area contributed by atoms with Gasteiger partial charge in [0.2, 0.25) is 10.0 Å². The molecular weight excluding hydrogens is 554 g/mol. The molecule has 2 aromatic rings. The first-order valence-electron chi connectivity index (χ1n) is 14.6. The first kappa shape index (κ1) is 36.9. The number of hydrogen-bond acceptors (Lipinski definition) is 6. The van der Waals surface area contributed by atoms with Crippen LogP contribution < -0.4 is 15.4 Å². The average molecular weight is 606 g/mol. The van der Waals surface area contributed by atoms with E-state index in [1.807, 2.05) is 105 Å². The van der Waals surface area contributed by atoms with E-state index in [0.717, 1.165) is 35.1 Å². The van der Waals surface area contributed by atoms with Gasteiger partial charge in [0.15, 0.2) is 0 Å². The summed E-state index contributed by atoms with van der Waals surface area (Å²) < 4.78 is 36.9. The minimum atomic E-state index is -3.39. The second-order valence-corrected chi connectivity index (χ2v) is 13.1. The van der Waals surface area contributed by atoms with Crippen molar-refractivity contribution in [2.75, 3.05) is 0 Å². The highest BCUT2D eigenvalue weighted by atomic mass is 32.2. The molecule has 2 amide bonds. The lowest BCUT2D eigenvalue weighted by molar-refractivity contribution is 0.0989. The molecule has 0 saturated heterocycles. The van der Waals surface area contributed by atoms with Gasteiger partial charge < -0.3 is 20.1 Å². The summed E-state index contributed by atoms with van der Waals surface area (Å²) in [5.41, 5.74) is 3.67. The molecule has 1 aliphatic carbocycles. The molecule has 0 unspecified atom stereocenters. The van der Waals surface area contributed by atoms with E-state index in [0.29, 0.717) is 11.5 Å². The molecule has 2 aromatic carbocycles. The number of ether oxygens (including phenoxy) is 2. The Bertz CT molecular complexity index is 1190. The van der Waals surface area contributed by atoms with E-state index in [1.165, 1.54) is 12.8 Å². The van der Waals surface area contributed by atoms with Crippen molar-refractivity contribution < 1.29 is 27.5 Å². The SMILES string of the molecule is CC(C)NC(=O)OC1CCCC1.CC(C)NC(=O)OCc1ccccc1.Cc1cc(C)c(S(=O)(=O)NC(C)C)c(C)c1. The van der Waals surface area contributed by atoms with Crippen LogP contribution >= 0.6 is 0 Å². The standard InChI is InChI=1S/C12H19NO2S.C11H15NO2.C9H17NO2/c1-8(2)13-16(14,15)12-10(4)6-9(3)7-11(12)5;1-9(2)12-11(13)14-8-10-6-4-3-5-7-10;1-7(2)10-9(11)12-8-5-3-4-6-8/h6-8,13H,1-5H3;3-7,9H,8H2,1-2H3,(H,12,13);7-8H,3-6H2,1-2H3,(H,10,11). The molecule has 1 fully saturated rings. The van der Waals surface area contributed by atoms with Gasteiger partial charge in [0.1, 0.15) is 12.7 Å². The van der Waals surface area contributed by atoms with E-state index in [-0.39, 0.29) is 36.4 Å². The van der Waals surface area contributed by atoms with Crippen LogP contribution in [0.1, 0.15) is 89.5 Å². The topological polar surface area (TPSA) is 123 Å². The minimum absolute atomic E-state index is 0.0925. The van der Waals surface area contributed by atoms with Crippen molar-refractivity contribution in [1.29, 1.82) is 0 Å². The first-order valence-corrected chi connectivity index (χ1v) is 16.1. The van der Waals surface area contributed by atoms with E-state index in [4.69, 9.17) is 9.47 Å². The van der Waals surface area contributed by atoms with E-state index in [1.54, 1.807) is 0 Å². The lowest BCUT2D eigenvalue weighted by Gasteiger charge is -2.14. The number of nitrogens with one attached hydrogen (secondary N) is 3. The normalized spacial score (nSPS) is 13.1. The summed E-state index contributed by atoms with van der Waals surface area (Å²) in [6.45, 7) is 17.2. The Morgan fingerprint density at radius 1 is 0.810 bits per heavy atom. The van der Waals surface area contributed by atoms with E-state index < -0.39 is 10.0 Å². The van der Waals surface area contributed by atoms with Gasteiger partial charge in [-0.25, -0.2) is 22.7 Å². The number of aryl methyl sites for hydroxylation is 3. The Morgan fingerprint density at radius 3 is 1.79 bits per heavy atom. The molecule has 0 spiro atoms. The fraction of sp³-hybridized carbons (Fsp3) is 0.562. The van der Waals surface area contributed by atoms with Gasteiger partial charge in [0, 0.05) is 18.1 Å². The minimum Gasteiger partial charge on any atom is -0.446 e. The Kier molecular flexibility index (Phi) is 16.2. The van der Waals surface area contributed by atoms with Gasteiger partial charge in [-0.2, -0.15) is 0 Å². The van der Waals surface area contributed by atoms with Crippen molar-refractivity contribution in [3.63, 3.8) is 0 Å². The van der Waals surface area contributed by atoms with Crippen LogP contribution in [0.15, 0.2) is 47.4 Å². The molecule has 236 valence electrons. The number of amides is 2. The molecule has 0 bridgehead atoms. The van der Waals surface area contributed by atoms with Gasteiger partial charge in [-0.05, 0) is 105 Å². The van der Waals surface area contributed by atoms with E-state index in [9.17, 15) is 18.0 Å². The quantitative estimate of drug-likeness (QED) is 0.308. The molecule has 0 atom stereocenters. The first-order chi connectivity index (χ1) is 19.6. The van der Waals surface area contributed by atoms with Crippen molar-refractivity contribution in [3.8, 4) is 0 Å². The van der Waals surface area contributed by atoms with Crippen LogP contribution in [0.3, 0.4) is 0 Å². The number of carbonyl (C=O) groups excluding carboxylic acids is 2. The summed E-state index contributed by atoms with van der Waals surface area (Å²) in [7, 11) is -3.39. The number of hydrogen-bond donors (Lipinski definition) is 3. The van der Waals surface area contributed by atoms with Gasteiger partial charge >= 0.3 is 12.2 Å². The van der Waals surface area contributed by atoms with Gasteiger partial charge in [-0.1, -0.05) is 48.0 Å². The fourth-order valence-electron chi connectivity index (χ4n) is 4.39. The van der Waals surface area contributed by atoms with Crippen LogP contribution in [0.2, 0.25) is 0 Å². The Hall–Kier alpha value is -3.11. The number of rotatable bonds is 8. The average Bonchev–Trinajstić information content (AvgIpc) is 3.34. The van der Waals surface area contributed by atoms with Gasteiger partial charge in [-0.3, -0.25) is 0 Å². The van der Waals surface area contributed by atoms with Crippen molar-refractivity contribution >= 4 is 22.2 Å². The summed E-state index contributed by atoms with van der Waals surface area (Å²) in [6.07, 6.45) is 3.99. The Balaban J connectivity index is 0.000000318. The maximum atomic E-state index is 12.1. The summed E-state index contributed by atoms with van der Waals surface area (Å²) >= 11 is 0. The number of benzene rings is 2. The zero-order chi connectivity index (χ0) is 31.9. The van der Waals surface area contributed by atoms with Crippen molar-refractivity contribution in [2.24, 2.45) is 0 Å². The summed E-state index contributed by atoms with van der Waals surface area (Å²) in [5, 5.41) is 5.36. The highest BCUT2D eigenvalue weighted by molar-refractivity contribution is 7.89. The molecule has 42 heavy (non-hydrogen) atoms. The fourth-order valence-corrected chi connectivity index (χ4v) is 6.09. The second-order valence-electron chi connectivity index (χ2n) is 11.5. The summed E-state index contributed by atoms with van der Waals surface area (Å²) in [4.78, 5) is 22.6. The highest BCUT2D eigenvalue weighted by Crippen LogP contribution is 2.22. The zero-order valence-corrected chi connectivity index (χ0v) is 27.6. The lowest BCUT2D eigenvalue weighted by Crippen LogP contribution is -2.33. The molecule has 0 radical (unpaired) electrons. The molecular formula is C32H51N3O6S. The van der Waals surface area contributed by atoms with Crippen molar-refractivity contribution in [3.05, 3.63) is 64.7 Å². The Morgan fingerprint density at radius 2 is 1.31 bits per heavy atom.